The van der Waals surface area contributed by atoms with Crippen molar-refractivity contribution in [2.45, 2.75) is 64.9 Å². The highest BCUT2D eigenvalue weighted by molar-refractivity contribution is 4.75. The Morgan fingerprint density at radius 2 is 1.94 bits per heavy atom. The number of ether oxygens (including phenoxy) is 2. The van der Waals surface area contributed by atoms with Crippen molar-refractivity contribution < 1.29 is 14.3 Å². The molecule has 4 unspecified atom stereocenters. The van der Waals surface area contributed by atoms with Gasteiger partial charge in [-0.1, -0.05) is 39.0 Å². The van der Waals surface area contributed by atoms with E-state index in [-0.39, 0.29) is 12.5 Å². The molecule has 0 bridgehead atoms. The number of epoxide rings is 1. The Bertz CT molecular complexity index is 235. The molecule has 0 aromatic carbocycles. The van der Waals surface area contributed by atoms with E-state index in [1.165, 1.54) is 38.5 Å². The normalized spacial score (nSPS) is 35.7. The number of hydrogen-bond donors (Lipinski definition) is 1. The lowest BCUT2D eigenvalue weighted by atomic mass is 9.77. The Hall–Kier alpha value is -0.160. The summed E-state index contributed by atoms with van der Waals surface area (Å²) in [6, 6.07) is 0. The van der Waals surface area contributed by atoms with Crippen molar-refractivity contribution in [3.8, 4) is 0 Å². The molecule has 1 aliphatic carbocycles. The van der Waals surface area contributed by atoms with Crippen LogP contribution in [-0.4, -0.2) is 25.7 Å². The Balaban J connectivity index is 1.60. The summed E-state index contributed by atoms with van der Waals surface area (Å²) in [7, 11) is 0. The third-order valence-electron chi connectivity index (χ3n) is 4.01. The molecule has 0 amide bonds. The molecule has 4 atom stereocenters. The molecule has 2 rings (SSSR count). The summed E-state index contributed by atoms with van der Waals surface area (Å²) in [6.45, 7) is 5.74. The molecule has 106 valence electrons. The van der Waals surface area contributed by atoms with E-state index in [1.54, 1.807) is 0 Å². The summed E-state index contributed by atoms with van der Waals surface area (Å²) in [5, 5.41) is 0. The smallest absolute Gasteiger partial charge is 0.201 e. The first-order chi connectivity index (χ1) is 8.85. The summed E-state index contributed by atoms with van der Waals surface area (Å²) in [4.78, 5) is 5.60. The van der Waals surface area contributed by atoms with Crippen molar-refractivity contribution in [1.29, 1.82) is 0 Å². The topological polar surface area (TPSA) is 43.0 Å². The van der Waals surface area contributed by atoms with Gasteiger partial charge in [0.2, 0.25) is 6.29 Å². The van der Waals surface area contributed by atoms with E-state index >= 15 is 0 Å². The van der Waals surface area contributed by atoms with Gasteiger partial charge in [0.15, 0.2) is 6.23 Å². The van der Waals surface area contributed by atoms with Gasteiger partial charge >= 0.3 is 0 Å². The molecule has 1 N–H and O–H groups in total. The SMILES string of the molecule is CCCC1CCCCC1CONC1OC1OCC. The molecule has 0 aromatic heterocycles. The van der Waals surface area contributed by atoms with Gasteiger partial charge in [-0.2, -0.15) is 5.48 Å². The quantitative estimate of drug-likeness (QED) is 0.536. The fourth-order valence-electron chi connectivity index (χ4n) is 2.97. The highest BCUT2D eigenvalue weighted by atomic mass is 16.8. The molecule has 4 nitrogen and oxygen atoms in total. The molecular formula is C14H27NO3. The van der Waals surface area contributed by atoms with E-state index < -0.39 is 0 Å². The zero-order chi connectivity index (χ0) is 12.8. The highest BCUT2D eigenvalue weighted by Gasteiger charge is 2.40. The van der Waals surface area contributed by atoms with Crippen LogP contribution in [0.3, 0.4) is 0 Å². The van der Waals surface area contributed by atoms with Gasteiger partial charge in [-0.15, -0.1) is 0 Å². The van der Waals surface area contributed by atoms with Crippen LogP contribution in [0.5, 0.6) is 0 Å². The minimum absolute atomic E-state index is 0.0573. The third-order valence-corrected chi connectivity index (χ3v) is 4.01. The van der Waals surface area contributed by atoms with Crippen molar-refractivity contribution in [2.24, 2.45) is 11.8 Å². The van der Waals surface area contributed by atoms with Crippen LogP contribution in [0.25, 0.3) is 0 Å². The predicted molar refractivity (Wildman–Crippen MR) is 69.7 cm³/mol. The van der Waals surface area contributed by atoms with E-state index in [1.807, 2.05) is 6.92 Å². The fraction of sp³-hybridized carbons (Fsp3) is 1.00. The lowest BCUT2D eigenvalue weighted by Crippen LogP contribution is -2.29. The molecule has 0 radical (unpaired) electrons. The number of rotatable bonds is 8. The van der Waals surface area contributed by atoms with Crippen LogP contribution in [0, 0.1) is 11.8 Å². The van der Waals surface area contributed by atoms with Crippen molar-refractivity contribution in [3.05, 3.63) is 0 Å². The summed E-state index contributed by atoms with van der Waals surface area (Å²) in [5.41, 5.74) is 2.95. The van der Waals surface area contributed by atoms with Gasteiger partial charge in [0, 0.05) is 6.61 Å². The zero-order valence-electron chi connectivity index (χ0n) is 11.7. The van der Waals surface area contributed by atoms with Crippen molar-refractivity contribution >= 4 is 0 Å². The van der Waals surface area contributed by atoms with Crippen LogP contribution in [0.2, 0.25) is 0 Å². The van der Waals surface area contributed by atoms with Crippen LogP contribution < -0.4 is 5.48 Å². The standard InChI is InChI=1S/C14H27NO3/c1-3-7-11-8-5-6-9-12(11)10-17-15-13-14(18-13)16-4-2/h11-15H,3-10H2,1-2H3. The van der Waals surface area contributed by atoms with Gasteiger partial charge in [0.05, 0.1) is 6.61 Å². The number of hydroxylamine groups is 1. The second kappa shape index (κ2) is 7.43. The van der Waals surface area contributed by atoms with Crippen LogP contribution in [0.4, 0.5) is 0 Å². The van der Waals surface area contributed by atoms with Crippen molar-refractivity contribution in [1.82, 2.24) is 5.48 Å². The molecule has 2 aliphatic rings. The molecule has 0 aromatic rings. The number of nitrogens with one attached hydrogen (secondary N) is 1. The predicted octanol–water partition coefficient (Wildman–Crippen LogP) is 2.83. The first-order valence-electron chi connectivity index (χ1n) is 7.49. The molecule has 0 spiro atoms. The Morgan fingerprint density at radius 3 is 2.67 bits per heavy atom. The summed E-state index contributed by atoms with van der Waals surface area (Å²) in [6.07, 6.45) is 7.91. The molecule has 1 aliphatic heterocycles. The molecule has 1 saturated carbocycles. The first-order valence-corrected chi connectivity index (χ1v) is 7.49. The van der Waals surface area contributed by atoms with Gasteiger partial charge in [-0.25, -0.2) is 0 Å². The molecule has 1 saturated heterocycles. The van der Waals surface area contributed by atoms with E-state index in [0.29, 0.717) is 6.61 Å². The highest BCUT2D eigenvalue weighted by Crippen LogP contribution is 2.33. The summed E-state index contributed by atoms with van der Waals surface area (Å²) in [5.74, 6) is 1.57. The first kappa shape index (κ1) is 14.3. The van der Waals surface area contributed by atoms with Crippen LogP contribution in [0.1, 0.15) is 52.4 Å². The lowest BCUT2D eigenvalue weighted by Gasteiger charge is -2.31. The lowest BCUT2D eigenvalue weighted by molar-refractivity contribution is -0.0259. The zero-order valence-corrected chi connectivity index (χ0v) is 11.7. The largest absolute Gasteiger partial charge is 0.349 e. The van der Waals surface area contributed by atoms with Gasteiger partial charge in [-0.3, -0.25) is 4.84 Å². The average Bonchev–Trinajstić information content (AvgIpc) is 3.11. The minimum atomic E-state index is -0.104. The number of hydrogen-bond acceptors (Lipinski definition) is 4. The molecule has 2 fully saturated rings. The summed E-state index contributed by atoms with van der Waals surface area (Å²) < 4.78 is 10.6. The maximum atomic E-state index is 5.60. The average molecular weight is 257 g/mol. The van der Waals surface area contributed by atoms with E-state index in [2.05, 4.69) is 12.4 Å². The monoisotopic (exact) mass is 257 g/mol. The second-order valence-electron chi connectivity index (χ2n) is 5.40. The molecule has 4 heteroatoms. The van der Waals surface area contributed by atoms with Crippen LogP contribution >= 0.6 is 0 Å². The Morgan fingerprint density at radius 1 is 1.17 bits per heavy atom. The van der Waals surface area contributed by atoms with Crippen molar-refractivity contribution in [2.75, 3.05) is 13.2 Å². The van der Waals surface area contributed by atoms with Gasteiger partial charge in [0.1, 0.15) is 0 Å². The maximum absolute atomic E-state index is 5.60. The van der Waals surface area contributed by atoms with E-state index in [4.69, 9.17) is 14.3 Å². The minimum Gasteiger partial charge on any atom is -0.349 e. The maximum Gasteiger partial charge on any atom is 0.201 e. The van der Waals surface area contributed by atoms with Crippen LogP contribution in [-0.2, 0) is 14.3 Å². The van der Waals surface area contributed by atoms with Gasteiger partial charge in [0.25, 0.3) is 0 Å². The Labute approximate surface area is 110 Å². The van der Waals surface area contributed by atoms with Gasteiger partial charge < -0.3 is 9.47 Å². The van der Waals surface area contributed by atoms with Crippen LogP contribution in [0.15, 0.2) is 0 Å². The van der Waals surface area contributed by atoms with Crippen molar-refractivity contribution in [3.63, 3.8) is 0 Å². The fourth-order valence-corrected chi connectivity index (χ4v) is 2.97. The molecule has 1 heterocycles. The van der Waals surface area contributed by atoms with E-state index in [9.17, 15) is 0 Å². The third kappa shape index (κ3) is 4.19. The van der Waals surface area contributed by atoms with E-state index in [0.717, 1.165) is 18.4 Å². The molecular weight excluding hydrogens is 230 g/mol. The summed E-state index contributed by atoms with van der Waals surface area (Å²) >= 11 is 0. The molecule has 18 heavy (non-hydrogen) atoms. The van der Waals surface area contributed by atoms with Gasteiger partial charge in [-0.05, 0) is 25.2 Å². The Kier molecular flexibility index (Phi) is 5.89. The second-order valence-corrected chi connectivity index (χ2v) is 5.40.